The number of aromatic nitrogens is 1. The highest BCUT2D eigenvalue weighted by Gasteiger charge is 2.33. The Morgan fingerprint density at radius 1 is 1.32 bits per heavy atom. The van der Waals surface area contributed by atoms with Gasteiger partial charge in [0.25, 0.3) is 0 Å². The van der Waals surface area contributed by atoms with Crippen molar-refractivity contribution in [2.45, 2.75) is 31.9 Å². The average Bonchev–Trinajstić information content (AvgIpc) is 2.48. The van der Waals surface area contributed by atoms with Crippen LogP contribution in [0, 0.1) is 0 Å². The number of methoxy groups -OCH3 is 1. The summed E-state index contributed by atoms with van der Waals surface area (Å²) in [5.74, 6) is 0. The van der Waals surface area contributed by atoms with Crippen LogP contribution < -0.4 is 5.32 Å². The van der Waals surface area contributed by atoms with Crippen molar-refractivity contribution >= 4 is 10.8 Å². The van der Waals surface area contributed by atoms with Crippen LogP contribution in [0.4, 0.5) is 0 Å². The van der Waals surface area contributed by atoms with Crippen LogP contribution in [0.3, 0.4) is 0 Å². The zero-order chi connectivity index (χ0) is 13.9. The van der Waals surface area contributed by atoms with E-state index in [1.807, 2.05) is 25.5 Å². The maximum Gasteiger partial charge on any atom is 0.0842 e. The summed E-state index contributed by atoms with van der Waals surface area (Å²) in [5.41, 5.74) is 0.937. The number of hydrogen-bond donors (Lipinski definition) is 1. The van der Waals surface area contributed by atoms with Gasteiger partial charge in [-0.15, -0.1) is 0 Å². The monoisotopic (exact) mass is 258 g/mol. The standard InChI is InChI=1S/C16H22N2O/c1-5-16(2,19-4)15(17-3)14-11-18-10-12-8-6-7-9-13(12)14/h6-11,15,17H,5H2,1-4H3. The summed E-state index contributed by atoms with van der Waals surface area (Å²) in [4.78, 5) is 4.37. The van der Waals surface area contributed by atoms with Gasteiger partial charge in [-0.05, 0) is 31.3 Å². The van der Waals surface area contributed by atoms with Gasteiger partial charge in [0.15, 0.2) is 0 Å². The van der Waals surface area contributed by atoms with Crippen LogP contribution in [-0.4, -0.2) is 24.7 Å². The van der Waals surface area contributed by atoms with Crippen molar-refractivity contribution in [1.82, 2.24) is 10.3 Å². The van der Waals surface area contributed by atoms with Crippen LogP contribution in [0.1, 0.15) is 31.9 Å². The van der Waals surface area contributed by atoms with E-state index in [1.54, 1.807) is 7.11 Å². The minimum atomic E-state index is -0.249. The summed E-state index contributed by atoms with van der Waals surface area (Å²) in [6.45, 7) is 4.28. The lowest BCUT2D eigenvalue weighted by Gasteiger charge is -2.36. The molecule has 0 saturated heterocycles. The topological polar surface area (TPSA) is 34.1 Å². The van der Waals surface area contributed by atoms with E-state index in [0.717, 1.165) is 11.8 Å². The first kappa shape index (κ1) is 14.0. The zero-order valence-corrected chi connectivity index (χ0v) is 12.1. The number of rotatable bonds is 5. The molecular weight excluding hydrogens is 236 g/mol. The number of hydrogen-bond acceptors (Lipinski definition) is 3. The molecule has 0 bridgehead atoms. The first-order valence-corrected chi connectivity index (χ1v) is 6.71. The van der Waals surface area contributed by atoms with Crippen LogP contribution in [-0.2, 0) is 4.74 Å². The van der Waals surface area contributed by atoms with Crippen molar-refractivity contribution in [3.63, 3.8) is 0 Å². The van der Waals surface area contributed by atoms with Crippen LogP contribution in [0.5, 0.6) is 0 Å². The van der Waals surface area contributed by atoms with E-state index >= 15 is 0 Å². The summed E-state index contributed by atoms with van der Waals surface area (Å²) in [7, 11) is 3.74. The Labute approximate surface area is 115 Å². The molecule has 0 fully saturated rings. The fourth-order valence-corrected chi connectivity index (χ4v) is 2.63. The lowest BCUT2D eigenvalue weighted by atomic mass is 9.86. The summed E-state index contributed by atoms with van der Waals surface area (Å²) < 4.78 is 5.75. The summed E-state index contributed by atoms with van der Waals surface area (Å²) in [6, 6.07) is 8.45. The van der Waals surface area contributed by atoms with Gasteiger partial charge < -0.3 is 10.1 Å². The minimum absolute atomic E-state index is 0.112. The molecule has 0 aliphatic carbocycles. The Hall–Kier alpha value is -1.45. The molecule has 2 atom stereocenters. The predicted octanol–water partition coefficient (Wildman–Crippen LogP) is 3.31. The van der Waals surface area contributed by atoms with Gasteiger partial charge in [0.05, 0.1) is 11.6 Å². The largest absolute Gasteiger partial charge is 0.377 e. The Bertz CT molecular complexity index is 544. The van der Waals surface area contributed by atoms with Crippen LogP contribution in [0.2, 0.25) is 0 Å². The predicted molar refractivity (Wildman–Crippen MR) is 79.2 cm³/mol. The molecule has 0 spiro atoms. The number of benzene rings is 1. The molecule has 1 aromatic carbocycles. The Morgan fingerprint density at radius 3 is 2.68 bits per heavy atom. The second kappa shape index (κ2) is 5.68. The molecule has 3 heteroatoms. The number of ether oxygens (including phenoxy) is 1. The van der Waals surface area contributed by atoms with E-state index in [-0.39, 0.29) is 11.6 Å². The first-order chi connectivity index (χ1) is 9.16. The van der Waals surface area contributed by atoms with Gasteiger partial charge in [0.2, 0.25) is 0 Å². The fourth-order valence-electron chi connectivity index (χ4n) is 2.63. The van der Waals surface area contributed by atoms with Gasteiger partial charge in [-0.1, -0.05) is 31.2 Å². The van der Waals surface area contributed by atoms with Crippen LogP contribution in [0.15, 0.2) is 36.7 Å². The highest BCUT2D eigenvalue weighted by Crippen LogP contribution is 2.34. The van der Waals surface area contributed by atoms with Gasteiger partial charge in [0, 0.05) is 24.9 Å². The van der Waals surface area contributed by atoms with E-state index < -0.39 is 0 Å². The summed E-state index contributed by atoms with van der Waals surface area (Å²) >= 11 is 0. The molecule has 19 heavy (non-hydrogen) atoms. The number of likely N-dealkylation sites (N-methyl/N-ethyl adjacent to an activating group) is 1. The lowest BCUT2D eigenvalue weighted by Crippen LogP contribution is -2.41. The van der Waals surface area contributed by atoms with Crippen molar-refractivity contribution < 1.29 is 4.74 Å². The van der Waals surface area contributed by atoms with Crippen molar-refractivity contribution in [2.24, 2.45) is 0 Å². The Balaban J connectivity index is 2.58. The van der Waals surface area contributed by atoms with E-state index in [4.69, 9.17) is 4.74 Å². The number of nitrogens with zero attached hydrogens (tertiary/aromatic N) is 1. The summed E-state index contributed by atoms with van der Waals surface area (Å²) in [6.07, 6.45) is 4.77. The lowest BCUT2D eigenvalue weighted by molar-refractivity contribution is -0.0277. The molecule has 0 radical (unpaired) electrons. The Kier molecular flexibility index (Phi) is 4.17. The van der Waals surface area contributed by atoms with Gasteiger partial charge >= 0.3 is 0 Å². The fraction of sp³-hybridized carbons (Fsp3) is 0.438. The van der Waals surface area contributed by atoms with Crippen molar-refractivity contribution in [3.8, 4) is 0 Å². The molecular formula is C16H22N2O. The molecule has 1 heterocycles. The molecule has 102 valence electrons. The third-order valence-corrected chi connectivity index (χ3v) is 4.08. The molecule has 2 aromatic rings. The van der Waals surface area contributed by atoms with Crippen molar-refractivity contribution in [3.05, 3.63) is 42.2 Å². The third kappa shape index (κ3) is 2.48. The average molecular weight is 258 g/mol. The van der Waals surface area contributed by atoms with Crippen LogP contribution in [0.25, 0.3) is 10.8 Å². The highest BCUT2D eigenvalue weighted by atomic mass is 16.5. The zero-order valence-electron chi connectivity index (χ0n) is 12.1. The van der Waals surface area contributed by atoms with E-state index in [1.165, 1.54) is 10.9 Å². The van der Waals surface area contributed by atoms with Crippen molar-refractivity contribution in [2.75, 3.05) is 14.2 Å². The van der Waals surface area contributed by atoms with E-state index in [0.29, 0.717) is 0 Å². The van der Waals surface area contributed by atoms with Gasteiger partial charge in [-0.25, -0.2) is 0 Å². The van der Waals surface area contributed by atoms with Crippen molar-refractivity contribution in [1.29, 1.82) is 0 Å². The smallest absolute Gasteiger partial charge is 0.0842 e. The normalized spacial score (nSPS) is 16.2. The summed E-state index contributed by atoms with van der Waals surface area (Å²) in [5, 5.41) is 5.78. The molecule has 2 rings (SSSR count). The maximum absolute atomic E-state index is 5.75. The van der Waals surface area contributed by atoms with Crippen LogP contribution >= 0.6 is 0 Å². The molecule has 1 aromatic heterocycles. The number of fused-ring (bicyclic) bond motifs is 1. The highest BCUT2D eigenvalue weighted by molar-refractivity contribution is 5.85. The molecule has 2 unspecified atom stereocenters. The Morgan fingerprint density at radius 2 is 2.05 bits per heavy atom. The molecule has 0 saturated carbocycles. The number of nitrogens with one attached hydrogen (secondary N) is 1. The molecule has 3 nitrogen and oxygen atoms in total. The van der Waals surface area contributed by atoms with E-state index in [2.05, 4.69) is 42.3 Å². The molecule has 0 aliphatic heterocycles. The minimum Gasteiger partial charge on any atom is -0.377 e. The first-order valence-electron chi connectivity index (χ1n) is 6.71. The van der Waals surface area contributed by atoms with E-state index in [9.17, 15) is 0 Å². The van der Waals surface area contributed by atoms with Gasteiger partial charge in [0.1, 0.15) is 0 Å². The second-order valence-electron chi connectivity index (χ2n) is 5.04. The molecule has 0 amide bonds. The third-order valence-electron chi connectivity index (χ3n) is 4.08. The number of pyridine rings is 1. The van der Waals surface area contributed by atoms with Gasteiger partial charge in [-0.3, -0.25) is 4.98 Å². The van der Waals surface area contributed by atoms with Gasteiger partial charge in [-0.2, -0.15) is 0 Å². The molecule has 0 aliphatic rings. The SMILES string of the molecule is CCC(C)(OC)C(NC)c1cncc2ccccc12. The second-order valence-corrected chi connectivity index (χ2v) is 5.04. The maximum atomic E-state index is 5.75. The quantitative estimate of drug-likeness (QED) is 0.893. The molecule has 1 N–H and O–H groups in total.